The van der Waals surface area contributed by atoms with Gasteiger partial charge in [-0.1, -0.05) is 22.9 Å². The van der Waals surface area contributed by atoms with Crippen LogP contribution in [-0.4, -0.2) is 22.9 Å². The second-order valence-electron chi connectivity index (χ2n) is 4.55. The van der Waals surface area contributed by atoms with Gasteiger partial charge in [-0.25, -0.2) is 0 Å². The number of rotatable bonds is 8. The summed E-state index contributed by atoms with van der Waals surface area (Å²) in [4.78, 5) is 0. The number of ether oxygens (including phenoxy) is 1. The fraction of sp³-hybridized carbons (Fsp3) is 0.400. The summed E-state index contributed by atoms with van der Waals surface area (Å²) in [7, 11) is 0. The van der Waals surface area contributed by atoms with Gasteiger partial charge >= 0.3 is 0 Å². The zero-order valence-corrected chi connectivity index (χ0v) is 13.3. The Kier molecular flexibility index (Phi) is 6.08. The van der Waals surface area contributed by atoms with E-state index in [0.29, 0.717) is 6.61 Å². The number of aromatic nitrogens is 2. The van der Waals surface area contributed by atoms with Crippen molar-refractivity contribution < 1.29 is 4.74 Å². The lowest BCUT2D eigenvalue weighted by atomic mass is 10.2. The zero-order chi connectivity index (χ0) is 14.2. The maximum atomic E-state index is 5.87. The van der Waals surface area contributed by atoms with Crippen LogP contribution in [0.1, 0.15) is 18.9 Å². The van der Waals surface area contributed by atoms with E-state index in [0.717, 1.165) is 36.3 Å². The lowest BCUT2D eigenvalue weighted by molar-refractivity contribution is 0.288. The van der Waals surface area contributed by atoms with Crippen LogP contribution in [0, 0.1) is 0 Å². The second-order valence-corrected chi connectivity index (χ2v) is 5.46. The Bertz CT molecular complexity index is 514. The molecule has 0 aliphatic rings. The van der Waals surface area contributed by atoms with Gasteiger partial charge in [0, 0.05) is 29.0 Å². The molecular weight excluding hydrogens is 318 g/mol. The van der Waals surface area contributed by atoms with Crippen molar-refractivity contribution in [1.82, 2.24) is 15.1 Å². The minimum Gasteiger partial charge on any atom is -0.491 e. The molecule has 0 atom stereocenters. The third-order valence-electron chi connectivity index (χ3n) is 2.90. The first kappa shape index (κ1) is 15.1. The minimum absolute atomic E-state index is 0.615. The predicted molar refractivity (Wildman–Crippen MR) is 83.9 cm³/mol. The summed E-state index contributed by atoms with van der Waals surface area (Å²) in [6.07, 6.45) is 4.85. The SMILES string of the molecule is CCCNCc1cc(Br)ccc1OCCn1cccn1. The number of hydrogen-bond donors (Lipinski definition) is 1. The van der Waals surface area contributed by atoms with Gasteiger partial charge < -0.3 is 10.1 Å². The largest absolute Gasteiger partial charge is 0.491 e. The number of halogens is 1. The molecule has 20 heavy (non-hydrogen) atoms. The van der Waals surface area contributed by atoms with Crippen LogP contribution in [0.3, 0.4) is 0 Å². The smallest absolute Gasteiger partial charge is 0.123 e. The van der Waals surface area contributed by atoms with E-state index in [2.05, 4.69) is 39.3 Å². The van der Waals surface area contributed by atoms with Crippen LogP contribution in [0.5, 0.6) is 5.75 Å². The highest BCUT2D eigenvalue weighted by atomic mass is 79.9. The summed E-state index contributed by atoms with van der Waals surface area (Å²) >= 11 is 3.51. The summed E-state index contributed by atoms with van der Waals surface area (Å²) in [5, 5.41) is 7.57. The molecule has 2 aromatic rings. The van der Waals surface area contributed by atoms with Crippen molar-refractivity contribution in [2.45, 2.75) is 26.4 Å². The Labute approximate surface area is 128 Å². The molecule has 108 valence electrons. The molecule has 1 aromatic carbocycles. The molecule has 0 unspecified atom stereocenters. The summed E-state index contributed by atoms with van der Waals surface area (Å²) < 4.78 is 8.82. The minimum atomic E-state index is 0.615. The monoisotopic (exact) mass is 337 g/mol. The molecular formula is C15H20BrN3O. The van der Waals surface area contributed by atoms with E-state index < -0.39 is 0 Å². The Morgan fingerprint density at radius 2 is 2.30 bits per heavy atom. The zero-order valence-electron chi connectivity index (χ0n) is 11.7. The number of nitrogens with zero attached hydrogens (tertiary/aromatic N) is 2. The molecule has 4 nitrogen and oxygen atoms in total. The van der Waals surface area contributed by atoms with E-state index in [1.807, 2.05) is 29.1 Å². The number of nitrogens with one attached hydrogen (secondary N) is 1. The standard InChI is InChI=1S/C15H20BrN3O/c1-2-6-17-12-13-11-14(16)4-5-15(13)20-10-9-19-8-3-7-18-19/h3-5,7-8,11,17H,2,6,9-10,12H2,1H3. The molecule has 0 aliphatic heterocycles. The highest BCUT2D eigenvalue weighted by Crippen LogP contribution is 2.23. The van der Waals surface area contributed by atoms with Crippen LogP contribution in [0.15, 0.2) is 41.1 Å². The van der Waals surface area contributed by atoms with Crippen molar-refractivity contribution >= 4 is 15.9 Å². The highest BCUT2D eigenvalue weighted by Gasteiger charge is 2.04. The van der Waals surface area contributed by atoms with Gasteiger partial charge in [0.15, 0.2) is 0 Å². The van der Waals surface area contributed by atoms with Gasteiger partial charge in [0.05, 0.1) is 6.54 Å². The fourth-order valence-electron chi connectivity index (χ4n) is 1.91. The van der Waals surface area contributed by atoms with Crippen molar-refractivity contribution in [3.8, 4) is 5.75 Å². The van der Waals surface area contributed by atoms with Crippen LogP contribution < -0.4 is 10.1 Å². The van der Waals surface area contributed by atoms with Gasteiger partial charge in [-0.3, -0.25) is 4.68 Å². The average molecular weight is 338 g/mol. The summed E-state index contributed by atoms with van der Waals surface area (Å²) in [6, 6.07) is 8.04. The molecule has 2 rings (SSSR count). The van der Waals surface area contributed by atoms with E-state index in [1.54, 1.807) is 6.20 Å². The highest BCUT2D eigenvalue weighted by molar-refractivity contribution is 9.10. The van der Waals surface area contributed by atoms with Crippen LogP contribution in [-0.2, 0) is 13.1 Å². The molecule has 0 aliphatic carbocycles. The Hall–Kier alpha value is -1.33. The molecule has 0 fully saturated rings. The number of hydrogen-bond acceptors (Lipinski definition) is 3. The quantitative estimate of drug-likeness (QED) is 0.751. The van der Waals surface area contributed by atoms with Gasteiger partial charge in [0.25, 0.3) is 0 Å². The molecule has 0 saturated carbocycles. The molecule has 5 heteroatoms. The molecule has 1 heterocycles. The third kappa shape index (κ3) is 4.65. The molecule has 0 spiro atoms. The first-order chi connectivity index (χ1) is 9.79. The first-order valence-electron chi connectivity index (χ1n) is 6.89. The van der Waals surface area contributed by atoms with Gasteiger partial charge in [0.1, 0.15) is 12.4 Å². The third-order valence-corrected chi connectivity index (χ3v) is 3.40. The van der Waals surface area contributed by atoms with E-state index in [-0.39, 0.29) is 0 Å². The summed E-state index contributed by atoms with van der Waals surface area (Å²) in [5.74, 6) is 0.934. The summed E-state index contributed by atoms with van der Waals surface area (Å²) in [6.45, 7) is 5.37. The van der Waals surface area contributed by atoms with Crippen LogP contribution in [0.25, 0.3) is 0 Å². The molecule has 1 aromatic heterocycles. The maximum Gasteiger partial charge on any atom is 0.123 e. The van der Waals surface area contributed by atoms with Gasteiger partial charge in [0.2, 0.25) is 0 Å². The van der Waals surface area contributed by atoms with E-state index in [9.17, 15) is 0 Å². The average Bonchev–Trinajstić information content (AvgIpc) is 2.95. The van der Waals surface area contributed by atoms with Gasteiger partial charge in [-0.15, -0.1) is 0 Å². The summed E-state index contributed by atoms with van der Waals surface area (Å²) in [5.41, 5.74) is 1.17. The lowest BCUT2D eigenvalue weighted by Gasteiger charge is -2.12. The second kappa shape index (κ2) is 8.07. The molecule has 0 amide bonds. The Morgan fingerprint density at radius 1 is 1.40 bits per heavy atom. The molecule has 0 radical (unpaired) electrons. The van der Waals surface area contributed by atoms with Crippen LogP contribution >= 0.6 is 15.9 Å². The van der Waals surface area contributed by atoms with Crippen molar-refractivity contribution in [2.75, 3.05) is 13.2 Å². The molecule has 1 N–H and O–H groups in total. The first-order valence-corrected chi connectivity index (χ1v) is 7.68. The fourth-order valence-corrected chi connectivity index (χ4v) is 2.32. The molecule has 0 saturated heterocycles. The predicted octanol–water partition coefficient (Wildman–Crippen LogP) is 3.22. The lowest BCUT2D eigenvalue weighted by Crippen LogP contribution is -2.15. The molecule has 0 bridgehead atoms. The van der Waals surface area contributed by atoms with Gasteiger partial charge in [-0.2, -0.15) is 5.10 Å². The van der Waals surface area contributed by atoms with Gasteiger partial charge in [-0.05, 0) is 37.2 Å². The maximum absolute atomic E-state index is 5.87. The van der Waals surface area contributed by atoms with Crippen molar-refractivity contribution in [2.24, 2.45) is 0 Å². The van der Waals surface area contributed by atoms with Crippen LogP contribution in [0.2, 0.25) is 0 Å². The number of benzene rings is 1. The van der Waals surface area contributed by atoms with Crippen LogP contribution in [0.4, 0.5) is 0 Å². The van der Waals surface area contributed by atoms with E-state index >= 15 is 0 Å². The van der Waals surface area contributed by atoms with Crippen molar-refractivity contribution in [1.29, 1.82) is 0 Å². The van der Waals surface area contributed by atoms with Crippen molar-refractivity contribution in [3.05, 3.63) is 46.7 Å². The Balaban J connectivity index is 1.91. The van der Waals surface area contributed by atoms with E-state index in [4.69, 9.17) is 4.74 Å². The normalized spacial score (nSPS) is 10.7. The Morgan fingerprint density at radius 3 is 3.05 bits per heavy atom. The van der Waals surface area contributed by atoms with E-state index in [1.165, 1.54) is 5.56 Å². The van der Waals surface area contributed by atoms with Crippen molar-refractivity contribution in [3.63, 3.8) is 0 Å². The topological polar surface area (TPSA) is 39.1 Å².